The van der Waals surface area contributed by atoms with Crippen molar-refractivity contribution >= 4 is 40.7 Å². The number of rotatable bonds is 6. The molecule has 0 aliphatic carbocycles. The highest BCUT2D eigenvalue weighted by Crippen LogP contribution is 2.31. The molecule has 1 fully saturated rings. The van der Waals surface area contributed by atoms with E-state index in [2.05, 4.69) is 25.5 Å². The lowest BCUT2D eigenvalue weighted by Crippen LogP contribution is -2.39. The number of aromatic nitrogens is 2. The van der Waals surface area contributed by atoms with E-state index in [0.29, 0.717) is 27.5 Å². The summed E-state index contributed by atoms with van der Waals surface area (Å²) in [5, 5.41) is 7.46. The molecular weight excluding hydrogens is 361 g/mol. The first-order chi connectivity index (χ1) is 12.1. The van der Waals surface area contributed by atoms with E-state index < -0.39 is 0 Å². The summed E-state index contributed by atoms with van der Waals surface area (Å²) in [6.07, 6.45) is 0. The molecule has 3 rings (SSSR count). The average molecular weight is 382 g/mol. The Morgan fingerprint density at radius 1 is 1.20 bits per heavy atom. The first-order valence-electron chi connectivity index (χ1n) is 8.22. The summed E-state index contributed by atoms with van der Waals surface area (Å²) in [6, 6.07) is 7.31. The molecule has 0 amide bonds. The number of ether oxygens (including phenoxy) is 1. The molecule has 0 unspecified atom stereocenters. The SMILES string of the molecule is Cc1cc(Nc2cccc(Cl)c2Cl)nc(NCCN2CCOCC2)n1. The van der Waals surface area contributed by atoms with Crippen molar-refractivity contribution in [1.29, 1.82) is 0 Å². The van der Waals surface area contributed by atoms with Crippen LogP contribution in [0, 0.1) is 6.92 Å². The number of halogens is 2. The van der Waals surface area contributed by atoms with Crippen molar-refractivity contribution in [2.75, 3.05) is 50.0 Å². The molecule has 2 N–H and O–H groups in total. The molecule has 25 heavy (non-hydrogen) atoms. The summed E-state index contributed by atoms with van der Waals surface area (Å²) in [5.74, 6) is 1.26. The minimum atomic E-state index is 0.474. The predicted molar refractivity (Wildman–Crippen MR) is 102 cm³/mol. The third kappa shape index (κ3) is 5.19. The molecular formula is C17H21Cl2N5O. The lowest BCUT2D eigenvalue weighted by Gasteiger charge is -2.26. The first-order valence-corrected chi connectivity index (χ1v) is 8.98. The van der Waals surface area contributed by atoms with Gasteiger partial charge >= 0.3 is 0 Å². The smallest absolute Gasteiger partial charge is 0.224 e. The second kappa shape index (κ2) is 8.67. The fourth-order valence-electron chi connectivity index (χ4n) is 2.60. The van der Waals surface area contributed by atoms with E-state index in [1.165, 1.54) is 0 Å². The van der Waals surface area contributed by atoms with Crippen molar-refractivity contribution in [3.8, 4) is 0 Å². The molecule has 134 valence electrons. The largest absolute Gasteiger partial charge is 0.379 e. The van der Waals surface area contributed by atoms with Gasteiger partial charge in [-0.25, -0.2) is 4.98 Å². The number of anilines is 3. The summed E-state index contributed by atoms with van der Waals surface area (Å²) in [4.78, 5) is 11.3. The third-order valence-corrected chi connectivity index (χ3v) is 4.70. The highest BCUT2D eigenvalue weighted by atomic mass is 35.5. The highest BCUT2D eigenvalue weighted by molar-refractivity contribution is 6.43. The molecule has 0 radical (unpaired) electrons. The summed E-state index contributed by atoms with van der Waals surface area (Å²) < 4.78 is 5.36. The Hall–Kier alpha value is -1.60. The van der Waals surface area contributed by atoms with Gasteiger partial charge in [-0.15, -0.1) is 0 Å². The molecule has 6 nitrogen and oxygen atoms in total. The minimum Gasteiger partial charge on any atom is -0.379 e. The van der Waals surface area contributed by atoms with Crippen LogP contribution in [0.2, 0.25) is 10.0 Å². The van der Waals surface area contributed by atoms with E-state index in [0.717, 1.165) is 45.1 Å². The van der Waals surface area contributed by atoms with E-state index >= 15 is 0 Å². The molecule has 2 aromatic rings. The highest BCUT2D eigenvalue weighted by Gasteiger charge is 2.10. The Bertz CT molecular complexity index is 722. The van der Waals surface area contributed by atoms with Gasteiger partial charge in [0.05, 0.1) is 28.9 Å². The summed E-state index contributed by atoms with van der Waals surface area (Å²) in [7, 11) is 0. The van der Waals surface area contributed by atoms with Gasteiger partial charge in [0.2, 0.25) is 5.95 Å². The monoisotopic (exact) mass is 381 g/mol. The summed E-state index contributed by atoms with van der Waals surface area (Å²) >= 11 is 12.3. The lowest BCUT2D eigenvalue weighted by molar-refractivity contribution is 0.0398. The molecule has 1 aliphatic rings. The van der Waals surface area contributed by atoms with Crippen molar-refractivity contribution in [3.63, 3.8) is 0 Å². The fraction of sp³-hybridized carbons (Fsp3) is 0.412. The zero-order valence-corrected chi connectivity index (χ0v) is 15.6. The standard InChI is InChI=1S/C17H21Cl2N5O/c1-12-11-15(22-14-4-2-3-13(18)16(14)19)23-17(21-12)20-5-6-24-7-9-25-10-8-24/h2-4,11H,5-10H2,1H3,(H2,20,21,22,23). The number of hydrogen-bond acceptors (Lipinski definition) is 6. The van der Waals surface area contributed by atoms with E-state index in [-0.39, 0.29) is 0 Å². The van der Waals surface area contributed by atoms with Crippen molar-refractivity contribution in [2.24, 2.45) is 0 Å². The Balaban J connectivity index is 1.62. The van der Waals surface area contributed by atoms with Crippen molar-refractivity contribution in [3.05, 3.63) is 40.0 Å². The van der Waals surface area contributed by atoms with Gasteiger partial charge in [-0.3, -0.25) is 4.90 Å². The average Bonchev–Trinajstić information content (AvgIpc) is 2.59. The topological polar surface area (TPSA) is 62.3 Å². The molecule has 0 atom stereocenters. The predicted octanol–water partition coefficient (Wildman–Crippen LogP) is 3.58. The van der Waals surface area contributed by atoms with Gasteiger partial charge in [-0.05, 0) is 19.1 Å². The van der Waals surface area contributed by atoms with Gasteiger partial charge in [0.1, 0.15) is 5.82 Å². The maximum absolute atomic E-state index is 6.22. The molecule has 0 saturated carbocycles. The number of hydrogen-bond donors (Lipinski definition) is 2. The van der Waals surface area contributed by atoms with Crippen LogP contribution in [0.1, 0.15) is 5.69 Å². The van der Waals surface area contributed by atoms with E-state index in [4.69, 9.17) is 27.9 Å². The normalized spacial score (nSPS) is 15.2. The van der Waals surface area contributed by atoms with E-state index in [1.807, 2.05) is 25.1 Å². The fourth-order valence-corrected chi connectivity index (χ4v) is 2.95. The van der Waals surface area contributed by atoms with Gasteiger partial charge in [0.25, 0.3) is 0 Å². The third-order valence-electron chi connectivity index (χ3n) is 3.88. The first kappa shape index (κ1) is 18.2. The van der Waals surface area contributed by atoms with E-state index in [9.17, 15) is 0 Å². The Kier molecular flexibility index (Phi) is 6.31. The van der Waals surface area contributed by atoms with Crippen molar-refractivity contribution in [1.82, 2.24) is 14.9 Å². The van der Waals surface area contributed by atoms with Gasteiger partial charge < -0.3 is 15.4 Å². The number of nitrogens with one attached hydrogen (secondary N) is 2. The zero-order valence-electron chi connectivity index (χ0n) is 14.1. The maximum atomic E-state index is 6.22. The van der Waals surface area contributed by atoms with Crippen LogP contribution in [-0.2, 0) is 4.74 Å². The minimum absolute atomic E-state index is 0.474. The number of benzene rings is 1. The number of morpholine rings is 1. The van der Waals surface area contributed by atoms with Gasteiger partial charge in [-0.1, -0.05) is 29.3 Å². The van der Waals surface area contributed by atoms with Crippen molar-refractivity contribution < 1.29 is 4.74 Å². The van der Waals surface area contributed by atoms with Crippen LogP contribution in [0.25, 0.3) is 0 Å². The molecule has 0 bridgehead atoms. The van der Waals surface area contributed by atoms with Gasteiger partial charge in [0, 0.05) is 37.9 Å². The molecule has 1 saturated heterocycles. The van der Waals surface area contributed by atoms with Crippen molar-refractivity contribution in [2.45, 2.75) is 6.92 Å². The van der Waals surface area contributed by atoms with Crippen LogP contribution in [0.3, 0.4) is 0 Å². The number of aryl methyl sites for hydroxylation is 1. The molecule has 2 heterocycles. The van der Waals surface area contributed by atoms with Crippen LogP contribution in [0.5, 0.6) is 0 Å². The maximum Gasteiger partial charge on any atom is 0.224 e. The molecule has 1 aromatic heterocycles. The van der Waals surface area contributed by atoms with Crippen LogP contribution >= 0.6 is 23.2 Å². The Morgan fingerprint density at radius 3 is 2.80 bits per heavy atom. The summed E-state index contributed by atoms with van der Waals surface area (Å²) in [5.41, 5.74) is 1.58. The molecule has 1 aliphatic heterocycles. The van der Waals surface area contributed by atoms with Gasteiger partial charge in [0.15, 0.2) is 0 Å². The van der Waals surface area contributed by atoms with E-state index in [1.54, 1.807) is 6.07 Å². The van der Waals surface area contributed by atoms with Gasteiger partial charge in [-0.2, -0.15) is 4.98 Å². The Morgan fingerprint density at radius 2 is 2.00 bits per heavy atom. The molecule has 0 spiro atoms. The van der Waals surface area contributed by atoms with Crippen LogP contribution in [-0.4, -0.2) is 54.3 Å². The van der Waals surface area contributed by atoms with Crippen LogP contribution in [0.4, 0.5) is 17.5 Å². The Labute approximate surface area is 157 Å². The summed E-state index contributed by atoms with van der Waals surface area (Å²) in [6.45, 7) is 7.18. The lowest BCUT2D eigenvalue weighted by atomic mass is 10.3. The molecule has 1 aromatic carbocycles. The second-order valence-electron chi connectivity index (χ2n) is 5.83. The zero-order chi connectivity index (χ0) is 17.6. The second-order valence-corrected chi connectivity index (χ2v) is 6.61. The number of nitrogens with zero attached hydrogens (tertiary/aromatic N) is 3. The molecule has 8 heteroatoms. The van der Waals surface area contributed by atoms with Crippen LogP contribution < -0.4 is 10.6 Å². The van der Waals surface area contributed by atoms with Crippen LogP contribution in [0.15, 0.2) is 24.3 Å². The quantitative estimate of drug-likeness (QED) is 0.797.